The van der Waals surface area contributed by atoms with Gasteiger partial charge in [-0.25, -0.2) is 4.98 Å². The Bertz CT molecular complexity index is 594. The lowest BCUT2D eigenvalue weighted by Gasteiger charge is -2.12. The molecular formula is C19H21BN2. The molecule has 3 rings (SSSR count). The maximum atomic E-state index is 6.12. The Morgan fingerprint density at radius 1 is 0.864 bits per heavy atom. The maximum Gasteiger partial charge on any atom is 0.0921 e. The van der Waals surface area contributed by atoms with Crippen LogP contribution in [0.3, 0.4) is 0 Å². The standard InChI is InChI=1S/C13H11B.C6H10N2/c14-13(11-7-3-1-4-8-11)12-9-5-2-6-10-12;1-5(2)6-3-7-4-8-6/h1-10,13H;3-5H,1-2H3,(H,7,8). The number of aromatic nitrogens is 2. The van der Waals surface area contributed by atoms with Crippen molar-refractivity contribution in [2.45, 2.75) is 25.6 Å². The Morgan fingerprint density at radius 3 is 1.68 bits per heavy atom. The van der Waals surface area contributed by atoms with Crippen LogP contribution in [0.2, 0.25) is 0 Å². The first-order chi connectivity index (χ1) is 10.7. The fourth-order valence-corrected chi connectivity index (χ4v) is 2.10. The average molecular weight is 288 g/mol. The van der Waals surface area contributed by atoms with E-state index in [0.717, 1.165) is 11.1 Å². The van der Waals surface area contributed by atoms with E-state index in [0.29, 0.717) is 5.92 Å². The highest BCUT2D eigenvalue weighted by molar-refractivity contribution is 6.14. The second-order valence-electron chi connectivity index (χ2n) is 5.46. The van der Waals surface area contributed by atoms with Crippen molar-refractivity contribution in [2.24, 2.45) is 0 Å². The second-order valence-corrected chi connectivity index (χ2v) is 5.46. The number of nitrogens with zero attached hydrogens (tertiary/aromatic N) is 1. The minimum atomic E-state index is -0.0163. The van der Waals surface area contributed by atoms with Gasteiger partial charge in [0.25, 0.3) is 0 Å². The molecule has 22 heavy (non-hydrogen) atoms. The van der Waals surface area contributed by atoms with Crippen molar-refractivity contribution in [1.82, 2.24) is 9.97 Å². The molecule has 0 unspecified atom stereocenters. The SMILES string of the molecule is CC(C)c1cnc[nH]1.[B]C(c1ccccc1)c1ccccc1. The summed E-state index contributed by atoms with van der Waals surface area (Å²) in [5, 5.41) is 0. The van der Waals surface area contributed by atoms with Gasteiger partial charge in [-0.05, 0) is 22.9 Å². The normalized spacial score (nSPS) is 10.4. The van der Waals surface area contributed by atoms with Crippen LogP contribution in [-0.2, 0) is 0 Å². The van der Waals surface area contributed by atoms with Crippen molar-refractivity contribution in [3.8, 4) is 0 Å². The van der Waals surface area contributed by atoms with Crippen molar-refractivity contribution >= 4 is 7.85 Å². The molecule has 3 heteroatoms. The number of hydrogen-bond acceptors (Lipinski definition) is 1. The Labute approximate surface area is 134 Å². The first-order valence-corrected chi connectivity index (χ1v) is 7.52. The van der Waals surface area contributed by atoms with E-state index in [-0.39, 0.29) is 5.82 Å². The number of benzene rings is 2. The topological polar surface area (TPSA) is 28.7 Å². The fraction of sp³-hybridized carbons (Fsp3) is 0.211. The van der Waals surface area contributed by atoms with Gasteiger partial charge in [0.2, 0.25) is 0 Å². The second kappa shape index (κ2) is 8.23. The molecule has 1 aromatic heterocycles. The van der Waals surface area contributed by atoms with Gasteiger partial charge in [0.1, 0.15) is 0 Å². The average Bonchev–Trinajstić information content (AvgIpc) is 3.11. The summed E-state index contributed by atoms with van der Waals surface area (Å²) in [4.78, 5) is 6.91. The molecule has 0 atom stereocenters. The van der Waals surface area contributed by atoms with Gasteiger partial charge < -0.3 is 4.98 Å². The largest absolute Gasteiger partial charge is 0.348 e. The third-order valence-electron chi connectivity index (χ3n) is 3.46. The van der Waals surface area contributed by atoms with Crippen molar-refractivity contribution in [2.75, 3.05) is 0 Å². The molecule has 0 saturated carbocycles. The van der Waals surface area contributed by atoms with Gasteiger partial charge in [0, 0.05) is 11.9 Å². The Kier molecular flexibility index (Phi) is 6.02. The van der Waals surface area contributed by atoms with Crippen molar-refractivity contribution in [1.29, 1.82) is 0 Å². The van der Waals surface area contributed by atoms with Crippen LogP contribution in [0.4, 0.5) is 0 Å². The molecule has 0 aliphatic heterocycles. The third-order valence-corrected chi connectivity index (χ3v) is 3.46. The minimum Gasteiger partial charge on any atom is -0.348 e. The fourth-order valence-electron chi connectivity index (χ4n) is 2.10. The predicted octanol–water partition coefficient (Wildman–Crippen LogP) is 4.48. The summed E-state index contributed by atoms with van der Waals surface area (Å²) >= 11 is 0. The number of hydrogen-bond donors (Lipinski definition) is 1. The lowest BCUT2D eigenvalue weighted by molar-refractivity contribution is 0.832. The van der Waals surface area contributed by atoms with Gasteiger partial charge >= 0.3 is 0 Å². The Balaban J connectivity index is 0.000000188. The van der Waals surface area contributed by atoms with E-state index in [1.54, 1.807) is 6.33 Å². The molecule has 2 radical (unpaired) electrons. The first kappa shape index (κ1) is 16.1. The van der Waals surface area contributed by atoms with Gasteiger partial charge in [-0.2, -0.15) is 0 Å². The summed E-state index contributed by atoms with van der Waals surface area (Å²) in [6, 6.07) is 20.3. The third kappa shape index (κ3) is 4.62. The monoisotopic (exact) mass is 288 g/mol. The van der Waals surface area contributed by atoms with E-state index in [2.05, 4.69) is 48.1 Å². The summed E-state index contributed by atoms with van der Waals surface area (Å²) in [6.45, 7) is 4.26. The van der Waals surface area contributed by atoms with E-state index < -0.39 is 0 Å². The number of H-pyrrole nitrogens is 1. The molecule has 2 aromatic carbocycles. The molecule has 0 spiro atoms. The number of imidazole rings is 1. The van der Waals surface area contributed by atoms with E-state index in [9.17, 15) is 0 Å². The molecule has 1 heterocycles. The molecule has 110 valence electrons. The zero-order chi connectivity index (χ0) is 15.8. The van der Waals surface area contributed by atoms with Crippen molar-refractivity contribution in [3.63, 3.8) is 0 Å². The van der Waals surface area contributed by atoms with Crippen molar-refractivity contribution < 1.29 is 0 Å². The molecule has 0 amide bonds. The number of aromatic amines is 1. The highest BCUT2D eigenvalue weighted by atomic mass is 14.9. The molecule has 2 nitrogen and oxygen atoms in total. The number of nitrogens with one attached hydrogen (secondary N) is 1. The van der Waals surface area contributed by atoms with Crippen LogP contribution in [0.15, 0.2) is 73.2 Å². The van der Waals surface area contributed by atoms with Crippen LogP contribution in [-0.4, -0.2) is 17.8 Å². The molecule has 0 fully saturated rings. The molecule has 1 N–H and O–H groups in total. The van der Waals surface area contributed by atoms with Gasteiger partial charge in [0.05, 0.1) is 14.2 Å². The Hall–Kier alpha value is -2.29. The molecule has 0 aliphatic rings. The van der Waals surface area contributed by atoms with E-state index in [1.165, 1.54) is 5.69 Å². The van der Waals surface area contributed by atoms with Gasteiger partial charge in [-0.15, -0.1) is 0 Å². The highest BCUT2D eigenvalue weighted by Crippen LogP contribution is 2.20. The zero-order valence-corrected chi connectivity index (χ0v) is 13.1. The van der Waals surface area contributed by atoms with Crippen LogP contribution in [0.1, 0.15) is 42.4 Å². The lowest BCUT2D eigenvalue weighted by Crippen LogP contribution is -1.99. The van der Waals surface area contributed by atoms with Gasteiger partial charge in [0.15, 0.2) is 0 Å². The van der Waals surface area contributed by atoms with Crippen LogP contribution in [0.25, 0.3) is 0 Å². The molecule has 0 saturated heterocycles. The quantitative estimate of drug-likeness (QED) is 0.707. The van der Waals surface area contributed by atoms with Crippen LogP contribution < -0.4 is 0 Å². The van der Waals surface area contributed by atoms with Crippen molar-refractivity contribution in [3.05, 3.63) is 90.0 Å². The first-order valence-electron chi connectivity index (χ1n) is 7.52. The summed E-state index contributed by atoms with van der Waals surface area (Å²) in [7, 11) is 6.12. The van der Waals surface area contributed by atoms with Gasteiger partial charge in [-0.1, -0.05) is 74.5 Å². The molecule has 0 bridgehead atoms. The van der Waals surface area contributed by atoms with E-state index in [1.807, 2.05) is 42.6 Å². The lowest BCUT2D eigenvalue weighted by atomic mass is 9.76. The number of rotatable bonds is 3. The van der Waals surface area contributed by atoms with E-state index in [4.69, 9.17) is 7.85 Å². The Morgan fingerprint density at radius 2 is 1.36 bits per heavy atom. The highest BCUT2D eigenvalue weighted by Gasteiger charge is 2.05. The smallest absolute Gasteiger partial charge is 0.0921 e. The molecule has 0 aliphatic carbocycles. The zero-order valence-electron chi connectivity index (χ0n) is 13.1. The molecule has 3 aromatic rings. The van der Waals surface area contributed by atoms with Crippen LogP contribution in [0, 0.1) is 0 Å². The van der Waals surface area contributed by atoms with Crippen LogP contribution >= 0.6 is 0 Å². The van der Waals surface area contributed by atoms with Crippen LogP contribution in [0.5, 0.6) is 0 Å². The summed E-state index contributed by atoms with van der Waals surface area (Å²) < 4.78 is 0. The van der Waals surface area contributed by atoms with E-state index >= 15 is 0 Å². The predicted molar refractivity (Wildman–Crippen MR) is 93.2 cm³/mol. The summed E-state index contributed by atoms with van der Waals surface area (Å²) in [6.07, 6.45) is 3.56. The van der Waals surface area contributed by atoms with Gasteiger partial charge in [-0.3, -0.25) is 0 Å². The maximum absolute atomic E-state index is 6.12. The minimum absolute atomic E-state index is 0.0163. The summed E-state index contributed by atoms with van der Waals surface area (Å²) in [5.41, 5.74) is 3.50. The molecular weight excluding hydrogens is 267 g/mol. The summed E-state index contributed by atoms with van der Waals surface area (Å²) in [5.74, 6) is 0.551.